The normalized spacial score (nSPS) is 10.4. The molecule has 0 spiro atoms. The molecule has 5 N–H and O–H groups in total. The number of nitrogen functional groups attached to an aromatic ring is 1. The monoisotopic (exact) mass is 303 g/mol. The molecule has 6 heteroatoms. The van der Waals surface area contributed by atoms with Crippen molar-refractivity contribution < 1.29 is 9.59 Å². The molecule has 0 aliphatic carbocycles. The SMILES string of the molecule is CC(=O)c1sc(NCc2cccc(C)c2)c(C(N)=O)c1N. The molecule has 0 aliphatic rings. The van der Waals surface area contributed by atoms with Crippen LogP contribution in [0.4, 0.5) is 10.7 Å². The molecule has 21 heavy (non-hydrogen) atoms. The second kappa shape index (κ2) is 5.97. The summed E-state index contributed by atoms with van der Waals surface area (Å²) in [6, 6.07) is 7.99. The first-order chi connectivity index (χ1) is 9.90. The summed E-state index contributed by atoms with van der Waals surface area (Å²) in [6.07, 6.45) is 0. The maximum atomic E-state index is 11.5. The number of anilines is 2. The Hall–Kier alpha value is -2.34. The topological polar surface area (TPSA) is 98.2 Å². The van der Waals surface area contributed by atoms with Gasteiger partial charge in [-0.1, -0.05) is 29.8 Å². The first-order valence-corrected chi connectivity index (χ1v) is 7.24. The van der Waals surface area contributed by atoms with Gasteiger partial charge in [0.1, 0.15) is 5.00 Å². The van der Waals surface area contributed by atoms with Crippen molar-refractivity contribution in [2.24, 2.45) is 5.73 Å². The first-order valence-electron chi connectivity index (χ1n) is 6.42. The fourth-order valence-corrected chi connectivity index (χ4v) is 3.10. The highest BCUT2D eigenvalue weighted by Gasteiger charge is 2.22. The molecule has 0 unspecified atom stereocenters. The number of hydrogen-bond donors (Lipinski definition) is 3. The van der Waals surface area contributed by atoms with Gasteiger partial charge in [0.25, 0.3) is 5.91 Å². The van der Waals surface area contributed by atoms with Gasteiger partial charge in [-0.15, -0.1) is 11.3 Å². The van der Waals surface area contributed by atoms with Gasteiger partial charge in [-0.25, -0.2) is 0 Å². The van der Waals surface area contributed by atoms with Crippen molar-refractivity contribution in [1.29, 1.82) is 0 Å². The lowest BCUT2D eigenvalue weighted by Gasteiger charge is -2.06. The molecule has 1 aromatic carbocycles. The van der Waals surface area contributed by atoms with Crippen LogP contribution < -0.4 is 16.8 Å². The zero-order valence-corrected chi connectivity index (χ0v) is 12.7. The fraction of sp³-hybridized carbons (Fsp3) is 0.200. The summed E-state index contributed by atoms with van der Waals surface area (Å²) in [7, 11) is 0. The molecule has 0 fully saturated rings. The summed E-state index contributed by atoms with van der Waals surface area (Å²) in [6.45, 7) is 3.95. The lowest BCUT2D eigenvalue weighted by molar-refractivity contribution is 0.100. The maximum absolute atomic E-state index is 11.5. The number of nitrogens with two attached hydrogens (primary N) is 2. The van der Waals surface area contributed by atoms with Crippen molar-refractivity contribution in [2.75, 3.05) is 11.1 Å². The molecule has 0 saturated carbocycles. The molecule has 0 atom stereocenters. The van der Waals surface area contributed by atoms with E-state index < -0.39 is 5.91 Å². The van der Waals surface area contributed by atoms with Crippen LogP contribution in [0.2, 0.25) is 0 Å². The van der Waals surface area contributed by atoms with Gasteiger partial charge in [-0.2, -0.15) is 0 Å². The predicted octanol–water partition coefficient (Wildman–Crippen LogP) is 2.55. The highest BCUT2D eigenvalue weighted by molar-refractivity contribution is 7.19. The van der Waals surface area contributed by atoms with E-state index in [4.69, 9.17) is 11.5 Å². The Morgan fingerprint density at radius 1 is 1.33 bits per heavy atom. The summed E-state index contributed by atoms with van der Waals surface area (Å²) < 4.78 is 0. The van der Waals surface area contributed by atoms with Crippen LogP contribution in [-0.4, -0.2) is 11.7 Å². The van der Waals surface area contributed by atoms with E-state index in [-0.39, 0.29) is 17.0 Å². The van der Waals surface area contributed by atoms with E-state index in [0.29, 0.717) is 16.4 Å². The minimum Gasteiger partial charge on any atom is -0.397 e. The van der Waals surface area contributed by atoms with Crippen molar-refractivity contribution in [3.63, 3.8) is 0 Å². The van der Waals surface area contributed by atoms with Gasteiger partial charge in [-0.05, 0) is 12.5 Å². The molecule has 1 amide bonds. The first kappa shape index (κ1) is 15.1. The summed E-state index contributed by atoms with van der Waals surface area (Å²) >= 11 is 1.16. The van der Waals surface area contributed by atoms with Crippen LogP contribution in [0.15, 0.2) is 24.3 Å². The van der Waals surface area contributed by atoms with E-state index in [2.05, 4.69) is 5.32 Å². The van der Waals surface area contributed by atoms with Crippen LogP contribution >= 0.6 is 11.3 Å². The number of benzene rings is 1. The lowest BCUT2D eigenvalue weighted by Crippen LogP contribution is -2.15. The van der Waals surface area contributed by atoms with Crippen molar-refractivity contribution in [3.8, 4) is 0 Å². The van der Waals surface area contributed by atoms with E-state index in [1.54, 1.807) is 0 Å². The molecule has 0 bridgehead atoms. The highest BCUT2D eigenvalue weighted by Crippen LogP contribution is 2.36. The molecule has 0 aliphatic heterocycles. The summed E-state index contributed by atoms with van der Waals surface area (Å²) in [5.74, 6) is -0.813. The molecule has 1 heterocycles. The highest BCUT2D eigenvalue weighted by atomic mass is 32.1. The molecule has 0 radical (unpaired) electrons. The molecule has 0 saturated heterocycles. The smallest absolute Gasteiger partial charge is 0.253 e. The van der Waals surface area contributed by atoms with Gasteiger partial charge in [0.2, 0.25) is 0 Å². The van der Waals surface area contributed by atoms with E-state index in [1.165, 1.54) is 6.92 Å². The fourth-order valence-electron chi connectivity index (χ4n) is 2.08. The Labute approximate surface area is 127 Å². The zero-order chi connectivity index (χ0) is 15.6. The van der Waals surface area contributed by atoms with Gasteiger partial charge in [0, 0.05) is 13.5 Å². The van der Waals surface area contributed by atoms with Gasteiger partial charge in [0.05, 0.1) is 16.1 Å². The number of rotatable bonds is 5. The average Bonchev–Trinajstić information content (AvgIpc) is 2.73. The number of ketones is 1. The van der Waals surface area contributed by atoms with Gasteiger partial charge >= 0.3 is 0 Å². The molecule has 2 rings (SSSR count). The van der Waals surface area contributed by atoms with Crippen molar-refractivity contribution in [2.45, 2.75) is 20.4 Å². The van der Waals surface area contributed by atoms with Crippen LogP contribution in [0.3, 0.4) is 0 Å². The molecule has 5 nitrogen and oxygen atoms in total. The Morgan fingerprint density at radius 3 is 2.62 bits per heavy atom. The molecule has 110 valence electrons. The second-order valence-electron chi connectivity index (χ2n) is 4.81. The molecule has 1 aromatic heterocycles. The van der Waals surface area contributed by atoms with Gasteiger partial charge in [-0.3, -0.25) is 9.59 Å². The minimum atomic E-state index is -0.636. The lowest BCUT2D eigenvalue weighted by atomic mass is 10.1. The number of hydrogen-bond acceptors (Lipinski definition) is 5. The number of thiophene rings is 1. The zero-order valence-electron chi connectivity index (χ0n) is 11.9. The van der Waals surface area contributed by atoms with Crippen LogP contribution in [0.5, 0.6) is 0 Å². The second-order valence-corrected chi connectivity index (χ2v) is 5.83. The summed E-state index contributed by atoms with van der Waals surface area (Å²) in [5, 5.41) is 3.67. The Balaban J connectivity index is 2.29. The summed E-state index contributed by atoms with van der Waals surface area (Å²) in [5.41, 5.74) is 13.8. The van der Waals surface area contributed by atoms with Crippen molar-refractivity contribution in [3.05, 3.63) is 45.8 Å². The van der Waals surface area contributed by atoms with Gasteiger partial charge < -0.3 is 16.8 Å². The average molecular weight is 303 g/mol. The van der Waals surface area contributed by atoms with E-state index in [9.17, 15) is 9.59 Å². The number of aryl methyl sites for hydroxylation is 1. The van der Waals surface area contributed by atoms with Crippen LogP contribution in [0.25, 0.3) is 0 Å². The molecule has 2 aromatic rings. The third-order valence-corrected chi connectivity index (χ3v) is 4.31. The third kappa shape index (κ3) is 3.22. The number of amides is 1. The maximum Gasteiger partial charge on any atom is 0.253 e. The predicted molar refractivity (Wildman–Crippen MR) is 85.8 cm³/mol. The summed E-state index contributed by atoms with van der Waals surface area (Å²) in [4.78, 5) is 23.4. The molecular weight excluding hydrogens is 286 g/mol. The standard InChI is InChI=1S/C15H17N3O2S/c1-8-4-3-5-10(6-8)7-18-15-11(14(17)20)12(16)13(21-15)9(2)19/h3-6,18H,7,16H2,1-2H3,(H2,17,20). The van der Waals surface area contributed by atoms with E-state index in [0.717, 1.165) is 22.5 Å². The van der Waals surface area contributed by atoms with Crippen LogP contribution in [-0.2, 0) is 6.54 Å². The number of carbonyl (C=O) groups is 2. The largest absolute Gasteiger partial charge is 0.397 e. The van der Waals surface area contributed by atoms with Crippen molar-refractivity contribution >= 4 is 33.7 Å². The number of nitrogens with one attached hydrogen (secondary N) is 1. The van der Waals surface area contributed by atoms with Gasteiger partial charge in [0.15, 0.2) is 5.78 Å². The minimum absolute atomic E-state index is 0.159. The van der Waals surface area contributed by atoms with E-state index in [1.807, 2.05) is 31.2 Å². The third-order valence-electron chi connectivity index (χ3n) is 3.05. The number of Topliss-reactive ketones (excluding diaryl/α,β-unsaturated/α-hetero) is 1. The van der Waals surface area contributed by atoms with E-state index >= 15 is 0 Å². The van der Waals surface area contributed by atoms with Crippen molar-refractivity contribution in [1.82, 2.24) is 0 Å². The molecular formula is C15H17N3O2S. The number of primary amides is 1. The van der Waals surface area contributed by atoms with Crippen LogP contribution in [0.1, 0.15) is 38.1 Å². The Morgan fingerprint density at radius 2 is 2.05 bits per heavy atom. The Kier molecular flexibility index (Phi) is 4.28. The number of carbonyl (C=O) groups excluding carboxylic acids is 2. The Bertz CT molecular complexity index is 707. The van der Waals surface area contributed by atoms with Crippen LogP contribution in [0, 0.1) is 6.92 Å². The quantitative estimate of drug-likeness (QED) is 0.739.